The molecule has 3 heteroatoms. The summed E-state index contributed by atoms with van der Waals surface area (Å²) in [6, 6.07) is 8.19. The molecule has 0 aliphatic rings. The van der Waals surface area contributed by atoms with E-state index in [0.717, 1.165) is 31.6 Å². The van der Waals surface area contributed by atoms with Gasteiger partial charge in [-0.15, -0.1) is 0 Å². The van der Waals surface area contributed by atoms with Crippen LogP contribution in [0.3, 0.4) is 0 Å². The fraction of sp³-hybridized carbons (Fsp3) is 0.538. The van der Waals surface area contributed by atoms with Crippen molar-refractivity contribution in [1.29, 1.82) is 0 Å². The van der Waals surface area contributed by atoms with Crippen molar-refractivity contribution in [3.63, 3.8) is 0 Å². The van der Waals surface area contributed by atoms with Crippen molar-refractivity contribution in [2.45, 2.75) is 25.3 Å². The van der Waals surface area contributed by atoms with Gasteiger partial charge in [0.25, 0.3) is 0 Å². The Hall–Kier alpha value is -1.06. The fourth-order valence-corrected chi connectivity index (χ4v) is 1.75. The van der Waals surface area contributed by atoms with Gasteiger partial charge in [-0.05, 0) is 30.9 Å². The minimum absolute atomic E-state index is 0.173. The first-order valence-corrected chi connectivity index (χ1v) is 5.64. The van der Waals surface area contributed by atoms with E-state index in [-0.39, 0.29) is 6.04 Å². The molecule has 0 aromatic heterocycles. The summed E-state index contributed by atoms with van der Waals surface area (Å²) in [5.41, 5.74) is 7.23. The zero-order chi connectivity index (χ0) is 11.8. The molecule has 1 rings (SSSR count). The van der Waals surface area contributed by atoms with Crippen molar-refractivity contribution < 1.29 is 9.47 Å². The van der Waals surface area contributed by atoms with Gasteiger partial charge >= 0.3 is 0 Å². The fourth-order valence-electron chi connectivity index (χ4n) is 1.75. The Morgan fingerprint density at radius 3 is 2.69 bits per heavy atom. The minimum Gasteiger partial charge on any atom is -0.496 e. The second kappa shape index (κ2) is 7.25. The predicted octanol–water partition coefficient (Wildman–Crippen LogP) is 1.99. The third kappa shape index (κ3) is 4.21. The van der Waals surface area contributed by atoms with Gasteiger partial charge in [-0.25, -0.2) is 0 Å². The van der Waals surface area contributed by atoms with E-state index in [4.69, 9.17) is 15.2 Å². The van der Waals surface area contributed by atoms with Gasteiger partial charge in [-0.1, -0.05) is 18.2 Å². The number of nitrogens with two attached hydrogens (primary N) is 1. The average molecular weight is 223 g/mol. The highest BCUT2D eigenvalue weighted by atomic mass is 16.5. The van der Waals surface area contributed by atoms with Gasteiger partial charge < -0.3 is 15.2 Å². The summed E-state index contributed by atoms with van der Waals surface area (Å²) in [6.07, 6.45) is 2.84. The molecule has 0 radical (unpaired) electrons. The van der Waals surface area contributed by atoms with Crippen LogP contribution in [-0.4, -0.2) is 26.9 Å². The summed E-state index contributed by atoms with van der Waals surface area (Å²) in [5.74, 6) is 0.921. The predicted molar refractivity (Wildman–Crippen MR) is 65.8 cm³/mol. The Morgan fingerprint density at radius 1 is 1.25 bits per heavy atom. The van der Waals surface area contributed by atoms with Crippen LogP contribution in [0.5, 0.6) is 5.75 Å². The lowest BCUT2D eigenvalue weighted by molar-refractivity contribution is 0.190. The molecular formula is C13H21NO2. The average Bonchev–Trinajstić information content (AvgIpc) is 2.30. The first-order chi connectivity index (χ1) is 7.77. The van der Waals surface area contributed by atoms with Crippen molar-refractivity contribution in [2.24, 2.45) is 5.73 Å². The van der Waals surface area contributed by atoms with Crippen LogP contribution in [0.15, 0.2) is 24.3 Å². The van der Waals surface area contributed by atoms with Crippen LogP contribution in [0, 0.1) is 0 Å². The van der Waals surface area contributed by atoms with E-state index >= 15 is 0 Å². The highest BCUT2D eigenvalue weighted by Gasteiger charge is 2.07. The number of hydrogen-bond acceptors (Lipinski definition) is 3. The topological polar surface area (TPSA) is 44.5 Å². The molecule has 16 heavy (non-hydrogen) atoms. The zero-order valence-corrected chi connectivity index (χ0v) is 10.1. The summed E-state index contributed by atoms with van der Waals surface area (Å²) in [5, 5.41) is 0. The van der Waals surface area contributed by atoms with Crippen molar-refractivity contribution in [1.82, 2.24) is 0 Å². The largest absolute Gasteiger partial charge is 0.496 e. The van der Waals surface area contributed by atoms with Crippen LogP contribution in [0.25, 0.3) is 0 Å². The molecule has 0 spiro atoms. The summed E-state index contributed by atoms with van der Waals surface area (Å²) in [6.45, 7) is 0.777. The maximum absolute atomic E-state index is 6.06. The highest BCUT2D eigenvalue weighted by molar-refractivity contribution is 5.33. The number of ether oxygens (including phenoxy) is 2. The Kier molecular flexibility index (Phi) is 5.90. The van der Waals surface area contributed by atoms with Crippen molar-refractivity contribution in [3.05, 3.63) is 29.8 Å². The summed E-state index contributed by atoms with van der Waals surface area (Å²) in [7, 11) is 3.40. The van der Waals surface area contributed by atoms with Crippen molar-refractivity contribution >= 4 is 0 Å². The molecule has 0 aliphatic carbocycles. The molecule has 0 saturated heterocycles. The maximum Gasteiger partial charge on any atom is 0.122 e. The molecule has 90 valence electrons. The summed E-state index contributed by atoms with van der Waals surface area (Å²) < 4.78 is 10.3. The van der Waals surface area contributed by atoms with Crippen molar-refractivity contribution in [3.8, 4) is 5.75 Å². The smallest absolute Gasteiger partial charge is 0.122 e. The van der Waals surface area contributed by atoms with Crippen LogP contribution in [0.1, 0.15) is 18.4 Å². The summed E-state index contributed by atoms with van der Waals surface area (Å²) in [4.78, 5) is 0. The SMILES string of the molecule is COCCCC(N)Cc1ccccc1OC. The van der Waals surface area contributed by atoms with E-state index in [1.54, 1.807) is 14.2 Å². The monoisotopic (exact) mass is 223 g/mol. The van der Waals surface area contributed by atoms with E-state index in [0.29, 0.717) is 0 Å². The Morgan fingerprint density at radius 2 is 2.00 bits per heavy atom. The second-order valence-electron chi connectivity index (χ2n) is 3.91. The van der Waals surface area contributed by atoms with Gasteiger partial charge in [-0.3, -0.25) is 0 Å². The lowest BCUT2D eigenvalue weighted by Gasteiger charge is -2.13. The molecule has 2 N–H and O–H groups in total. The third-order valence-corrected chi connectivity index (χ3v) is 2.60. The first kappa shape index (κ1) is 13.0. The van der Waals surface area contributed by atoms with Crippen LogP contribution in [0.2, 0.25) is 0 Å². The molecule has 1 aromatic rings. The Bertz CT molecular complexity index is 302. The molecule has 0 aliphatic heterocycles. The number of methoxy groups -OCH3 is 2. The van der Waals surface area contributed by atoms with E-state index < -0.39 is 0 Å². The number of para-hydroxylation sites is 1. The van der Waals surface area contributed by atoms with Crippen LogP contribution in [-0.2, 0) is 11.2 Å². The second-order valence-corrected chi connectivity index (χ2v) is 3.91. The lowest BCUT2D eigenvalue weighted by Crippen LogP contribution is -2.23. The molecule has 0 heterocycles. The molecule has 1 unspecified atom stereocenters. The minimum atomic E-state index is 0.173. The van der Waals surface area contributed by atoms with Crippen LogP contribution >= 0.6 is 0 Å². The summed E-state index contributed by atoms with van der Waals surface area (Å²) >= 11 is 0. The Labute approximate surface area is 97.6 Å². The van der Waals surface area contributed by atoms with Gasteiger partial charge in [0.05, 0.1) is 7.11 Å². The van der Waals surface area contributed by atoms with Gasteiger partial charge in [0.15, 0.2) is 0 Å². The van der Waals surface area contributed by atoms with Gasteiger partial charge in [-0.2, -0.15) is 0 Å². The number of rotatable bonds is 7. The van der Waals surface area contributed by atoms with E-state index in [1.807, 2.05) is 18.2 Å². The van der Waals surface area contributed by atoms with Gasteiger partial charge in [0.2, 0.25) is 0 Å². The quantitative estimate of drug-likeness (QED) is 0.719. The van der Waals surface area contributed by atoms with Gasteiger partial charge in [0.1, 0.15) is 5.75 Å². The standard InChI is InChI=1S/C13H21NO2/c1-15-9-5-7-12(14)10-11-6-3-4-8-13(11)16-2/h3-4,6,8,12H,5,7,9-10,14H2,1-2H3. The maximum atomic E-state index is 6.06. The van der Waals surface area contributed by atoms with Gasteiger partial charge in [0, 0.05) is 19.8 Å². The normalized spacial score (nSPS) is 12.4. The highest BCUT2D eigenvalue weighted by Crippen LogP contribution is 2.19. The van der Waals surface area contributed by atoms with E-state index in [2.05, 4.69) is 6.07 Å². The molecule has 1 aromatic carbocycles. The molecule has 0 amide bonds. The van der Waals surface area contributed by atoms with E-state index in [1.165, 1.54) is 5.56 Å². The molecule has 3 nitrogen and oxygen atoms in total. The number of benzene rings is 1. The third-order valence-electron chi connectivity index (χ3n) is 2.60. The molecule has 0 bridgehead atoms. The first-order valence-electron chi connectivity index (χ1n) is 5.64. The molecule has 0 saturated carbocycles. The van der Waals surface area contributed by atoms with Crippen molar-refractivity contribution in [2.75, 3.05) is 20.8 Å². The van der Waals surface area contributed by atoms with E-state index in [9.17, 15) is 0 Å². The zero-order valence-electron chi connectivity index (χ0n) is 10.1. The molecule has 1 atom stereocenters. The Balaban J connectivity index is 2.45. The van der Waals surface area contributed by atoms with Crippen LogP contribution < -0.4 is 10.5 Å². The molecular weight excluding hydrogens is 202 g/mol. The van der Waals surface area contributed by atoms with Crippen LogP contribution in [0.4, 0.5) is 0 Å². The lowest BCUT2D eigenvalue weighted by atomic mass is 10.0. The number of hydrogen-bond donors (Lipinski definition) is 1. The molecule has 0 fully saturated rings.